The van der Waals surface area contributed by atoms with E-state index < -0.39 is 5.54 Å². The van der Waals surface area contributed by atoms with Crippen LogP contribution < -0.4 is 21.5 Å². The van der Waals surface area contributed by atoms with Crippen LogP contribution in [-0.2, 0) is 18.5 Å². The van der Waals surface area contributed by atoms with E-state index >= 15 is 0 Å². The Morgan fingerprint density at radius 1 is 1.27 bits per heavy atom. The van der Waals surface area contributed by atoms with E-state index in [-0.39, 0.29) is 6.04 Å². The number of nitrogens with zero attached hydrogens (tertiary/aromatic N) is 1. The van der Waals surface area contributed by atoms with Crippen molar-refractivity contribution >= 4 is 5.69 Å². The number of benzene rings is 2. The van der Waals surface area contributed by atoms with Gasteiger partial charge in [-0.25, -0.2) is 0 Å². The van der Waals surface area contributed by atoms with E-state index in [1.54, 1.807) is 7.11 Å². The number of hydrogen-bond acceptors (Lipinski definition) is 5. The summed E-state index contributed by atoms with van der Waals surface area (Å²) in [6, 6.07) is 14.9. The second-order valence-electron chi connectivity index (χ2n) is 7.62. The highest BCUT2D eigenvalue weighted by Crippen LogP contribution is 2.42. The lowest BCUT2D eigenvalue weighted by molar-refractivity contribution is 0.0587. The molecule has 1 aliphatic carbocycles. The quantitative estimate of drug-likeness (QED) is 0.732. The van der Waals surface area contributed by atoms with Gasteiger partial charge in [0.25, 0.3) is 0 Å². The fourth-order valence-corrected chi connectivity index (χ4v) is 4.61. The van der Waals surface area contributed by atoms with Gasteiger partial charge in [-0.3, -0.25) is 0 Å². The summed E-state index contributed by atoms with van der Waals surface area (Å²) in [5, 5.41) is 3.74. The summed E-state index contributed by atoms with van der Waals surface area (Å²) in [6.07, 6.45) is 1.92. The number of piperidine rings is 1. The molecule has 0 aromatic heterocycles. The van der Waals surface area contributed by atoms with Crippen LogP contribution in [0.1, 0.15) is 23.1 Å². The van der Waals surface area contributed by atoms with Crippen LogP contribution in [0.3, 0.4) is 0 Å². The highest BCUT2D eigenvalue weighted by Gasteiger charge is 2.50. The third-order valence-corrected chi connectivity index (χ3v) is 6.20. The topological polar surface area (TPSA) is 76.5 Å². The largest absolute Gasteiger partial charge is 0.497 e. The van der Waals surface area contributed by atoms with Gasteiger partial charge >= 0.3 is 0 Å². The molecule has 1 heterocycles. The van der Waals surface area contributed by atoms with Gasteiger partial charge in [-0.05, 0) is 54.8 Å². The smallest absolute Gasteiger partial charge is 0.119 e. The van der Waals surface area contributed by atoms with Gasteiger partial charge < -0.3 is 26.4 Å². The molecule has 2 aromatic carbocycles. The molecule has 4 rings (SSSR count). The molecule has 2 aliphatic rings. The first-order valence-electron chi connectivity index (χ1n) is 9.26. The summed E-state index contributed by atoms with van der Waals surface area (Å²) in [6.45, 7) is 1.73. The Labute approximate surface area is 155 Å². The molecule has 3 atom stereocenters. The van der Waals surface area contributed by atoms with Crippen LogP contribution in [0.15, 0.2) is 42.5 Å². The number of fused-ring (bicyclic) bond motifs is 4. The predicted octanol–water partition coefficient (Wildman–Crippen LogP) is 1.85. The van der Waals surface area contributed by atoms with Crippen molar-refractivity contribution in [3.8, 4) is 5.75 Å². The van der Waals surface area contributed by atoms with Gasteiger partial charge in [0.05, 0.1) is 12.6 Å². The molecule has 0 saturated carbocycles. The number of methoxy groups -OCH3 is 1. The molecule has 1 saturated heterocycles. The van der Waals surface area contributed by atoms with Crippen LogP contribution in [0.25, 0.3) is 0 Å². The minimum Gasteiger partial charge on any atom is -0.497 e. The number of hydrogen-bond donors (Lipinski definition) is 3. The first-order chi connectivity index (χ1) is 12.5. The van der Waals surface area contributed by atoms with Crippen molar-refractivity contribution in [3.05, 3.63) is 59.2 Å². The molecule has 1 unspecified atom stereocenters. The van der Waals surface area contributed by atoms with E-state index in [2.05, 4.69) is 35.5 Å². The van der Waals surface area contributed by atoms with Crippen molar-refractivity contribution in [2.75, 3.05) is 26.4 Å². The van der Waals surface area contributed by atoms with Crippen molar-refractivity contribution < 1.29 is 4.74 Å². The highest BCUT2D eigenvalue weighted by molar-refractivity contribution is 5.47. The highest BCUT2D eigenvalue weighted by atomic mass is 16.5. The monoisotopic (exact) mass is 352 g/mol. The fourth-order valence-electron chi connectivity index (χ4n) is 4.61. The van der Waals surface area contributed by atoms with Gasteiger partial charge in [0, 0.05) is 30.9 Å². The van der Waals surface area contributed by atoms with Crippen molar-refractivity contribution in [2.45, 2.75) is 37.0 Å². The molecule has 1 fully saturated rings. The van der Waals surface area contributed by atoms with E-state index in [4.69, 9.17) is 16.2 Å². The van der Waals surface area contributed by atoms with Crippen LogP contribution in [0.4, 0.5) is 5.69 Å². The lowest BCUT2D eigenvalue weighted by Gasteiger charge is -2.54. The Bertz CT molecular complexity index is 808. The molecular formula is C21H28N4O. The van der Waals surface area contributed by atoms with Gasteiger partial charge in [-0.15, -0.1) is 0 Å². The van der Waals surface area contributed by atoms with Crippen LogP contribution in [-0.4, -0.2) is 37.7 Å². The normalized spacial score (nSPS) is 27.8. The predicted molar refractivity (Wildman–Crippen MR) is 105 cm³/mol. The summed E-state index contributed by atoms with van der Waals surface area (Å²) in [7, 11) is 3.91. The van der Waals surface area contributed by atoms with Crippen molar-refractivity contribution in [1.29, 1.82) is 0 Å². The molecule has 0 amide bonds. The van der Waals surface area contributed by atoms with E-state index in [9.17, 15) is 0 Å². The van der Waals surface area contributed by atoms with Gasteiger partial charge in [0.15, 0.2) is 0 Å². The van der Waals surface area contributed by atoms with E-state index in [1.807, 2.05) is 24.3 Å². The summed E-state index contributed by atoms with van der Waals surface area (Å²) in [5.74, 6) is 0.872. The van der Waals surface area contributed by atoms with E-state index in [0.29, 0.717) is 6.04 Å². The van der Waals surface area contributed by atoms with E-state index in [1.165, 1.54) is 11.1 Å². The number of nitrogen functional groups attached to an aromatic ring is 1. The second-order valence-corrected chi connectivity index (χ2v) is 7.62. The molecule has 138 valence electrons. The van der Waals surface area contributed by atoms with Crippen LogP contribution in [0.2, 0.25) is 0 Å². The molecule has 5 heteroatoms. The number of nitrogens with one attached hydrogen (secondary N) is 1. The number of para-hydroxylation sites is 1. The number of likely N-dealkylation sites (tertiary alicyclic amines) is 1. The maximum atomic E-state index is 7.07. The van der Waals surface area contributed by atoms with Crippen molar-refractivity contribution in [1.82, 2.24) is 10.2 Å². The summed E-state index contributed by atoms with van der Waals surface area (Å²) < 4.78 is 5.46. The molecule has 2 aromatic rings. The Balaban J connectivity index is 1.68. The SMILES string of the molecule is COc1ccc2c(c1)[C@]1(N)CCN(C)[C@H](C2)C1NCc1ccccc1N. The number of nitrogens with two attached hydrogens (primary N) is 2. The van der Waals surface area contributed by atoms with Crippen LogP contribution in [0, 0.1) is 0 Å². The number of ether oxygens (including phenoxy) is 1. The molecular weight excluding hydrogens is 324 g/mol. The van der Waals surface area contributed by atoms with Crippen molar-refractivity contribution in [2.24, 2.45) is 5.73 Å². The average molecular weight is 352 g/mol. The molecule has 0 radical (unpaired) electrons. The molecule has 1 aliphatic heterocycles. The Morgan fingerprint density at radius 2 is 2.08 bits per heavy atom. The first-order valence-corrected chi connectivity index (χ1v) is 9.26. The van der Waals surface area contributed by atoms with Crippen molar-refractivity contribution in [3.63, 3.8) is 0 Å². The molecule has 26 heavy (non-hydrogen) atoms. The van der Waals surface area contributed by atoms with Gasteiger partial charge in [0.2, 0.25) is 0 Å². The van der Waals surface area contributed by atoms with Crippen LogP contribution in [0.5, 0.6) is 5.75 Å². The average Bonchev–Trinajstić information content (AvgIpc) is 2.65. The minimum absolute atomic E-state index is 0.167. The number of likely N-dealkylation sites (N-methyl/N-ethyl adjacent to an activating group) is 1. The zero-order valence-corrected chi connectivity index (χ0v) is 15.5. The Kier molecular flexibility index (Phi) is 4.39. The third-order valence-electron chi connectivity index (χ3n) is 6.20. The van der Waals surface area contributed by atoms with Crippen LogP contribution >= 0.6 is 0 Å². The van der Waals surface area contributed by atoms with E-state index in [0.717, 1.165) is 42.9 Å². The molecule has 2 bridgehead atoms. The lowest BCUT2D eigenvalue weighted by Crippen LogP contribution is -2.70. The minimum atomic E-state index is -0.400. The maximum absolute atomic E-state index is 7.07. The van der Waals surface area contributed by atoms with Gasteiger partial charge in [-0.2, -0.15) is 0 Å². The van der Waals surface area contributed by atoms with Gasteiger partial charge in [0.1, 0.15) is 5.75 Å². The van der Waals surface area contributed by atoms with Gasteiger partial charge in [-0.1, -0.05) is 24.3 Å². The number of rotatable bonds is 4. The fraction of sp³-hybridized carbons (Fsp3) is 0.429. The second kappa shape index (κ2) is 6.58. The standard InChI is InChI=1S/C21H28N4O/c1-25-10-9-21(23)17-12-16(26-2)8-7-14(17)11-19(25)20(21)24-13-15-5-3-4-6-18(15)22/h3-8,12,19-20,24H,9-11,13,22-23H2,1-2H3/t19-,20?,21-/m1/s1. The number of anilines is 1. The molecule has 0 spiro atoms. The molecule has 5 N–H and O–H groups in total. The first kappa shape index (κ1) is 17.3. The molecule has 5 nitrogen and oxygen atoms in total. The lowest BCUT2D eigenvalue weighted by atomic mass is 9.66. The third kappa shape index (κ3) is 2.76. The summed E-state index contributed by atoms with van der Waals surface area (Å²) >= 11 is 0. The Hall–Kier alpha value is -2.08. The Morgan fingerprint density at radius 3 is 2.85 bits per heavy atom. The zero-order chi connectivity index (χ0) is 18.3. The zero-order valence-electron chi connectivity index (χ0n) is 15.5. The summed E-state index contributed by atoms with van der Waals surface area (Å²) in [5.41, 5.74) is 17.3. The maximum Gasteiger partial charge on any atom is 0.119 e. The summed E-state index contributed by atoms with van der Waals surface area (Å²) in [4.78, 5) is 2.43.